The summed E-state index contributed by atoms with van der Waals surface area (Å²) in [6, 6.07) is 0. The van der Waals surface area contributed by atoms with Gasteiger partial charge in [0, 0.05) is 0 Å². The van der Waals surface area contributed by atoms with Crippen LogP contribution in [0.25, 0.3) is 0 Å². The maximum atomic E-state index is 12.7. The van der Waals surface area contributed by atoms with Crippen molar-refractivity contribution < 1.29 is 19.1 Å². The van der Waals surface area contributed by atoms with E-state index < -0.39 is 5.92 Å². The standard InChI is InChI=1S/C20H36O4/c1-14(2)12-23-18(21)11-17(19(22)24-13-15(3)4)20(5,6)16-9-7-8-10-16/h14-17H,7-13H2,1-6H3. The van der Waals surface area contributed by atoms with Crippen LogP contribution in [0.15, 0.2) is 0 Å². The molecule has 0 heterocycles. The van der Waals surface area contributed by atoms with Crippen molar-refractivity contribution in [2.45, 2.75) is 73.6 Å². The number of carbonyl (C=O) groups excluding carboxylic acids is 2. The maximum Gasteiger partial charge on any atom is 0.310 e. The molecule has 1 aliphatic carbocycles. The summed E-state index contributed by atoms with van der Waals surface area (Å²) in [6.45, 7) is 13.1. The van der Waals surface area contributed by atoms with Gasteiger partial charge in [-0.3, -0.25) is 9.59 Å². The molecule has 0 bridgehead atoms. The maximum absolute atomic E-state index is 12.7. The van der Waals surface area contributed by atoms with Crippen molar-refractivity contribution in [1.29, 1.82) is 0 Å². The second-order valence-electron chi connectivity index (χ2n) is 8.66. The fourth-order valence-electron chi connectivity index (χ4n) is 3.44. The van der Waals surface area contributed by atoms with Crippen LogP contribution in [0.4, 0.5) is 0 Å². The fraction of sp³-hybridized carbons (Fsp3) is 0.900. The molecule has 4 nitrogen and oxygen atoms in total. The van der Waals surface area contributed by atoms with Crippen LogP contribution in [0.3, 0.4) is 0 Å². The van der Waals surface area contributed by atoms with Crippen molar-refractivity contribution in [2.24, 2.45) is 29.1 Å². The van der Waals surface area contributed by atoms with E-state index in [1.807, 2.05) is 27.7 Å². The first-order valence-electron chi connectivity index (χ1n) is 9.46. The van der Waals surface area contributed by atoms with Gasteiger partial charge in [0.2, 0.25) is 0 Å². The Kier molecular flexibility index (Phi) is 8.24. The Labute approximate surface area is 147 Å². The number of esters is 2. The van der Waals surface area contributed by atoms with E-state index in [4.69, 9.17) is 9.47 Å². The van der Waals surface area contributed by atoms with E-state index in [0.29, 0.717) is 25.0 Å². The van der Waals surface area contributed by atoms with E-state index in [0.717, 1.165) is 12.8 Å². The average molecular weight is 341 g/mol. The third-order valence-corrected chi connectivity index (χ3v) is 5.10. The molecule has 24 heavy (non-hydrogen) atoms. The first-order valence-corrected chi connectivity index (χ1v) is 9.46. The summed E-state index contributed by atoms with van der Waals surface area (Å²) in [5.41, 5.74) is -0.249. The van der Waals surface area contributed by atoms with Gasteiger partial charge in [0.15, 0.2) is 0 Å². The molecule has 1 fully saturated rings. The first kappa shape index (κ1) is 21.0. The zero-order valence-electron chi connectivity index (χ0n) is 16.4. The largest absolute Gasteiger partial charge is 0.465 e. The molecule has 0 aliphatic heterocycles. The van der Waals surface area contributed by atoms with Gasteiger partial charge in [0.05, 0.1) is 25.6 Å². The van der Waals surface area contributed by atoms with Gasteiger partial charge in [-0.2, -0.15) is 0 Å². The molecule has 0 radical (unpaired) electrons. The van der Waals surface area contributed by atoms with Gasteiger partial charge >= 0.3 is 11.9 Å². The molecule has 0 spiro atoms. The Morgan fingerprint density at radius 2 is 1.46 bits per heavy atom. The third kappa shape index (κ3) is 6.45. The lowest BCUT2D eigenvalue weighted by Gasteiger charge is -2.37. The summed E-state index contributed by atoms with van der Waals surface area (Å²) < 4.78 is 10.8. The van der Waals surface area contributed by atoms with E-state index in [9.17, 15) is 9.59 Å². The third-order valence-electron chi connectivity index (χ3n) is 5.10. The summed E-state index contributed by atoms with van der Waals surface area (Å²) in [7, 11) is 0. The minimum Gasteiger partial charge on any atom is -0.465 e. The summed E-state index contributed by atoms with van der Waals surface area (Å²) >= 11 is 0. The number of carbonyl (C=O) groups is 2. The van der Waals surface area contributed by atoms with Crippen LogP contribution >= 0.6 is 0 Å². The highest BCUT2D eigenvalue weighted by Gasteiger charge is 2.44. The second-order valence-corrected chi connectivity index (χ2v) is 8.66. The molecule has 140 valence electrons. The van der Waals surface area contributed by atoms with Crippen molar-refractivity contribution in [2.75, 3.05) is 13.2 Å². The molecule has 4 heteroatoms. The van der Waals surface area contributed by atoms with Crippen LogP contribution in [0.2, 0.25) is 0 Å². The van der Waals surface area contributed by atoms with Crippen LogP contribution < -0.4 is 0 Å². The number of hydrogen-bond acceptors (Lipinski definition) is 4. The van der Waals surface area contributed by atoms with Crippen LogP contribution in [0.5, 0.6) is 0 Å². The molecule has 0 aromatic carbocycles. The van der Waals surface area contributed by atoms with Gasteiger partial charge in [-0.15, -0.1) is 0 Å². The summed E-state index contributed by atoms with van der Waals surface area (Å²) in [5.74, 6) is 0.0783. The van der Waals surface area contributed by atoms with Crippen LogP contribution in [0.1, 0.15) is 73.6 Å². The molecule has 1 saturated carbocycles. The zero-order valence-corrected chi connectivity index (χ0v) is 16.4. The van der Waals surface area contributed by atoms with Crippen molar-refractivity contribution in [3.63, 3.8) is 0 Å². The highest BCUT2D eigenvalue weighted by atomic mass is 16.5. The number of rotatable bonds is 9. The Morgan fingerprint density at radius 3 is 1.96 bits per heavy atom. The number of hydrogen-bond donors (Lipinski definition) is 0. The van der Waals surface area contributed by atoms with E-state index in [1.165, 1.54) is 12.8 Å². The predicted molar refractivity (Wildman–Crippen MR) is 95.4 cm³/mol. The fourth-order valence-corrected chi connectivity index (χ4v) is 3.44. The van der Waals surface area contributed by atoms with Crippen molar-refractivity contribution >= 4 is 11.9 Å². The minimum absolute atomic E-state index is 0.118. The molecule has 0 aromatic heterocycles. The molecule has 0 aromatic rings. The molecule has 1 aliphatic rings. The highest BCUT2D eigenvalue weighted by molar-refractivity contribution is 5.80. The van der Waals surface area contributed by atoms with E-state index in [-0.39, 0.29) is 29.7 Å². The van der Waals surface area contributed by atoms with Crippen LogP contribution in [0, 0.1) is 29.1 Å². The Bertz CT molecular complexity index is 406. The quantitative estimate of drug-likeness (QED) is 0.575. The van der Waals surface area contributed by atoms with Crippen molar-refractivity contribution in [1.82, 2.24) is 0 Å². The molecular weight excluding hydrogens is 304 g/mol. The van der Waals surface area contributed by atoms with E-state index >= 15 is 0 Å². The van der Waals surface area contributed by atoms with Gasteiger partial charge < -0.3 is 9.47 Å². The SMILES string of the molecule is CC(C)COC(=O)CC(C(=O)OCC(C)C)C(C)(C)C1CCCC1. The van der Waals surface area contributed by atoms with Gasteiger partial charge in [0.25, 0.3) is 0 Å². The molecule has 1 unspecified atom stereocenters. The second kappa shape index (κ2) is 9.43. The molecule has 0 saturated heterocycles. The molecule has 0 N–H and O–H groups in total. The zero-order chi connectivity index (χ0) is 18.3. The average Bonchev–Trinajstić information content (AvgIpc) is 3.03. The normalized spacial score (nSPS) is 17.3. The van der Waals surface area contributed by atoms with E-state index in [1.54, 1.807) is 0 Å². The predicted octanol–water partition coefficient (Wildman–Crippen LogP) is 4.61. The summed E-state index contributed by atoms with van der Waals surface area (Å²) in [4.78, 5) is 24.9. The van der Waals surface area contributed by atoms with Crippen molar-refractivity contribution in [3.8, 4) is 0 Å². The molecular formula is C20H36O4. The van der Waals surface area contributed by atoms with Crippen LogP contribution in [-0.2, 0) is 19.1 Å². The summed E-state index contributed by atoms with van der Waals surface area (Å²) in [5, 5.41) is 0. The Morgan fingerprint density at radius 1 is 0.958 bits per heavy atom. The smallest absolute Gasteiger partial charge is 0.310 e. The lowest BCUT2D eigenvalue weighted by Crippen LogP contribution is -2.39. The summed E-state index contributed by atoms with van der Waals surface area (Å²) in [6.07, 6.45) is 4.79. The Hall–Kier alpha value is -1.06. The first-order chi connectivity index (χ1) is 11.1. The van der Waals surface area contributed by atoms with Gasteiger partial charge in [-0.1, -0.05) is 54.4 Å². The van der Waals surface area contributed by atoms with Crippen molar-refractivity contribution in [3.05, 3.63) is 0 Å². The van der Waals surface area contributed by atoms with Gasteiger partial charge in [-0.25, -0.2) is 0 Å². The topological polar surface area (TPSA) is 52.6 Å². The van der Waals surface area contributed by atoms with E-state index in [2.05, 4.69) is 13.8 Å². The lowest BCUT2D eigenvalue weighted by atomic mass is 9.67. The Balaban J connectivity index is 2.81. The monoisotopic (exact) mass is 340 g/mol. The minimum atomic E-state index is -0.431. The van der Waals surface area contributed by atoms with Gasteiger partial charge in [-0.05, 0) is 36.0 Å². The molecule has 1 atom stereocenters. The highest BCUT2D eigenvalue weighted by Crippen LogP contribution is 2.46. The molecule has 0 amide bonds. The number of ether oxygens (including phenoxy) is 2. The molecule has 1 rings (SSSR count). The van der Waals surface area contributed by atoms with Gasteiger partial charge in [0.1, 0.15) is 0 Å². The lowest BCUT2D eigenvalue weighted by molar-refractivity contribution is -0.162. The van der Waals surface area contributed by atoms with Crippen LogP contribution in [-0.4, -0.2) is 25.2 Å².